The molecule has 0 amide bonds. The van der Waals surface area contributed by atoms with Crippen LogP contribution in [0.5, 0.6) is 5.75 Å². The predicted molar refractivity (Wildman–Crippen MR) is 79.3 cm³/mol. The van der Waals surface area contributed by atoms with Crippen LogP contribution in [-0.2, 0) is 12.3 Å². The van der Waals surface area contributed by atoms with Gasteiger partial charge in [0.05, 0.1) is 19.0 Å². The van der Waals surface area contributed by atoms with Crippen molar-refractivity contribution in [3.63, 3.8) is 0 Å². The van der Waals surface area contributed by atoms with E-state index in [0.29, 0.717) is 11.1 Å². The van der Waals surface area contributed by atoms with Gasteiger partial charge in [0.1, 0.15) is 5.75 Å². The molecule has 1 aliphatic rings. The van der Waals surface area contributed by atoms with Crippen molar-refractivity contribution in [3.05, 3.63) is 47.5 Å². The molecule has 104 valence electrons. The van der Waals surface area contributed by atoms with Crippen LogP contribution in [0.4, 0.5) is 0 Å². The smallest absolute Gasteiger partial charge is 0.185 e. The fraction of sp³-hybridized carbons (Fsp3) is 0.333. The molecule has 20 heavy (non-hydrogen) atoms. The van der Waals surface area contributed by atoms with Crippen molar-refractivity contribution in [1.29, 1.82) is 0 Å². The van der Waals surface area contributed by atoms with Gasteiger partial charge in [-0.15, -0.1) is 11.8 Å². The minimum atomic E-state index is 0.429. The van der Waals surface area contributed by atoms with E-state index >= 15 is 0 Å². The number of aromatic nitrogens is 2. The van der Waals surface area contributed by atoms with Gasteiger partial charge in [-0.05, 0) is 24.1 Å². The van der Waals surface area contributed by atoms with Crippen molar-refractivity contribution in [1.82, 2.24) is 9.55 Å². The van der Waals surface area contributed by atoms with Gasteiger partial charge in [0.15, 0.2) is 12.1 Å². The Bertz CT molecular complexity index is 607. The second kappa shape index (κ2) is 5.71. The zero-order chi connectivity index (χ0) is 13.9. The number of methoxy groups -OCH3 is 1. The molecule has 1 aromatic carbocycles. The first kappa shape index (κ1) is 13.2. The molecule has 0 aliphatic carbocycles. The molecule has 0 bridgehead atoms. The van der Waals surface area contributed by atoms with E-state index in [1.54, 1.807) is 7.11 Å². The maximum Gasteiger partial charge on any atom is 0.185 e. The van der Waals surface area contributed by atoms with E-state index < -0.39 is 0 Å². The van der Waals surface area contributed by atoms with Crippen LogP contribution in [0.1, 0.15) is 33.5 Å². The summed E-state index contributed by atoms with van der Waals surface area (Å²) in [6.45, 7) is 0.893. The summed E-state index contributed by atoms with van der Waals surface area (Å²) in [6, 6.07) is 8.16. The number of nitrogens with zero attached hydrogens (tertiary/aromatic N) is 2. The van der Waals surface area contributed by atoms with Gasteiger partial charge in [0, 0.05) is 17.5 Å². The first-order chi connectivity index (χ1) is 9.81. The van der Waals surface area contributed by atoms with Crippen LogP contribution in [0, 0.1) is 0 Å². The van der Waals surface area contributed by atoms with Gasteiger partial charge in [-0.25, -0.2) is 4.98 Å². The average molecular weight is 288 g/mol. The van der Waals surface area contributed by atoms with Gasteiger partial charge in [0.2, 0.25) is 0 Å². The Labute approximate surface area is 122 Å². The zero-order valence-corrected chi connectivity index (χ0v) is 12.1. The van der Waals surface area contributed by atoms with Gasteiger partial charge in [0.25, 0.3) is 0 Å². The number of aldehydes is 1. The number of hydrogen-bond donors (Lipinski definition) is 0. The second-order valence-electron chi connectivity index (χ2n) is 4.75. The summed E-state index contributed by atoms with van der Waals surface area (Å²) in [5.74, 6) is 2.39. The van der Waals surface area contributed by atoms with E-state index in [4.69, 9.17) is 4.74 Å². The Morgan fingerprint density at radius 1 is 1.45 bits per heavy atom. The molecule has 0 radical (unpaired) electrons. The average Bonchev–Trinajstić information content (AvgIpc) is 3.07. The van der Waals surface area contributed by atoms with Crippen molar-refractivity contribution < 1.29 is 9.53 Å². The Balaban J connectivity index is 1.65. The van der Waals surface area contributed by atoms with E-state index in [0.717, 1.165) is 30.8 Å². The highest BCUT2D eigenvalue weighted by Gasteiger charge is 2.25. The minimum absolute atomic E-state index is 0.429. The van der Waals surface area contributed by atoms with Gasteiger partial charge in [-0.3, -0.25) is 4.79 Å². The standard InChI is InChI=1S/C15H16N2O2S/c1-19-12-4-2-11(3-5-12)10-20-14-6-7-17-13(14)8-16-15(17)9-18/h2-5,8-9,14H,6-7,10H2,1H3. The molecule has 1 aromatic heterocycles. The lowest BCUT2D eigenvalue weighted by atomic mass is 10.2. The maximum atomic E-state index is 10.9. The van der Waals surface area contributed by atoms with Crippen molar-refractivity contribution in [2.45, 2.75) is 24.0 Å². The van der Waals surface area contributed by atoms with Crippen molar-refractivity contribution >= 4 is 18.0 Å². The molecule has 3 rings (SSSR count). The van der Waals surface area contributed by atoms with Gasteiger partial charge >= 0.3 is 0 Å². The molecule has 4 nitrogen and oxygen atoms in total. The van der Waals surface area contributed by atoms with Gasteiger partial charge < -0.3 is 9.30 Å². The zero-order valence-electron chi connectivity index (χ0n) is 11.3. The van der Waals surface area contributed by atoms with Crippen LogP contribution in [0.25, 0.3) is 0 Å². The number of imidazole rings is 1. The normalized spacial score (nSPS) is 16.9. The lowest BCUT2D eigenvalue weighted by molar-refractivity contribution is 0.111. The quantitative estimate of drug-likeness (QED) is 0.793. The predicted octanol–water partition coefficient (Wildman–Crippen LogP) is 3.08. The number of thioether (sulfide) groups is 1. The Morgan fingerprint density at radius 3 is 2.95 bits per heavy atom. The van der Waals surface area contributed by atoms with Gasteiger partial charge in [-0.2, -0.15) is 0 Å². The lowest BCUT2D eigenvalue weighted by Gasteiger charge is -2.09. The number of benzene rings is 1. The summed E-state index contributed by atoms with van der Waals surface area (Å²) in [7, 11) is 1.67. The summed E-state index contributed by atoms with van der Waals surface area (Å²) in [5.41, 5.74) is 2.45. The molecule has 1 aliphatic heterocycles. The molecule has 0 N–H and O–H groups in total. The molecular formula is C15H16N2O2S. The highest BCUT2D eigenvalue weighted by atomic mass is 32.2. The van der Waals surface area contributed by atoms with Crippen molar-refractivity contribution in [2.24, 2.45) is 0 Å². The molecule has 2 heterocycles. The van der Waals surface area contributed by atoms with Crippen LogP contribution in [0.2, 0.25) is 0 Å². The largest absolute Gasteiger partial charge is 0.497 e. The SMILES string of the molecule is COc1ccc(CSC2CCn3c2cnc3C=O)cc1. The highest BCUT2D eigenvalue weighted by molar-refractivity contribution is 7.98. The molecule has 0 spiro atoms. The molecule has 2 aromatic rings. The Kier molecular flexibility index (Phi) is 3.78. The molecule has 5 heteroatoms. The maximum absolute atomic E-state index is 10.9. The van der Waals surface area contributed by atoms with E-state index in [1.165, 1.54) is 11.3 Å². The number of rotatable bonds is 5. The summed E-state index contributed by atoms with van der Waals surface area (Å²) < 4.78 is 7.18. The van der Waals surface area contributed by atoms with E-state index in [9.17, 15) is 4.79 Å². The monoisotopic (exact) mass is 288 g/mol. The highest BCUT2D eigenvalue weighted by Crippen LogP contribution is 2.39. The van der Waals surface area contributed by atoms with Crippen molar-refractivity contribution in [3.8, 4) is 5.75 Å². The second-order valence-corrected chi connectivity index (χ2v) is 5.94. The molecule has 0 fully saturated rings. The van der Waals surface area contributed by atoms with Crippen LogP contribution in [-0.4, -0.2) is 22.9 Å². The molecule has 1 atom stereocenters. The number of hydrogen-bond acceptors (Lipinski definition) is 4. The minimum Gasteiger partial charge on any atom is -0.497 e. The van der Waals surface area contributed by atoms with Gasteiger partial charge in [-0.1, -0.05) is 12.1 Å². The van der Waals surface area contributed by atoms with E-state index in [-0.39, 0.29) is 0 Å². The van der Waals surface area contributed by atoms with Crippen LogP contribution < -0.4 is 4.74 Å². The Morgan fingerprint density at radius 2 is 2.25 bits per heavy atom. The third-order valence-electron chi connectivity index (χ3n) is 3.58. The number of ether oxygens (including phenoxy) is 1. The fourth-order valence-corrected chi connectivity index (χ4v) is 3.70. The summed E-state index contributed by atoms with van der Waals surface area (Å²) in [4.78, 5) is 15.0. The number of carbonyl (C=O) groups is 1. The van der Waals surface area contributed by atoms with E-state index in [2.05, 4.69) is 17.1 Å². The van der Waals surface area contributed by atoms with Crippen LogP contribution >= 0.6 is 11.8 Å². The van der Waals surface area contributed by atoms with E-state index in [1.807, 2.05) is 34.7 Å². The molecule has 1 unspecified atom stereocenters. The third-order valence-corrected chi connectivity index (χ3v) is 4.96. The van der Waals surface area contributed by atoms with Crippen LogP contribution in [0.3, 0.4) is 0 Å². The van der Waals surface area contributed by atoms with Crippen LogP contribution in [0.15, 0.2) is 30.5 Å². The third kappa shape index (κ3) is 2.45. The number of fused-ring (bicyclic) bond motifs is 1. The fourth-order valence-electron chi connectivity index (χ4n) is 2.48. The molecular weight excluding hydrogens is 272 g/mol. The Hall–Kier alpha value is -1.75. The number of carbonyl (C=O) groups excluding carboxylic acids is 1. The molecule has 0 saturated carbocycles. The summed E-state index contributed by atoms with van der Waals surface area (Å²) in [5, 5.41) is 0.429. The molecule has 0 saturated heterocycles. The topological polar surface area (TPSA) is 44.1 Å². The summed E-state index contributed by atoms with van der Waals surface area (Å²) in [6.07, 6.45) is 3.74. The first-order valence-electron chi connectivity index (χ1n) is 6.57. The summed E-state index contributed by atoms with van der Waals surface area (Å²) >= 11 is 1.90. The lowest BCUT2D eigenvalue weighted by Crippen LogP contribution is -1.98. The van der Waals surface area contributed by atoms with Crippen molar-refractivity contribution in [2.75, 3.05) is 7.11 Å². The first-order valence-corrected chi connectivity index (χ1v) is 7.62.